The Morgan fingerprint density at radius 2 is 1.64 bits per heavy atom. The van der Waals surface area contributed by atoms with Crippen molar-refractivity contribution in [2.24, 2.45) is 11.8 Å². The maximum absolute atomic E-state index is 13.9. The zero-order valence-electron chi connectivity index (χ0n) is 25.6. The van der Waals surface area contributed by atoms with E-state index in [1.54, 1.807) is 28.1 Å². The van der Waals surface area contributed by atoms with Crippen LogP contribution in [0.5, 0.6) is 0 Å². The number of nitrogens with zero attached hydrogens (tertiary/aromatic N) is 6. The number of aromatic nitrogens is 4. The first-order valence-electron chi connectivity index (χ1n) is 15.5. The molecule has 2 aliphatic rings. The standard InChI is InChI=1S/C34H40N6O4/c1-34(2,3)44-33(43)38-19-14-26(28(22-38)25-9-5-4-6-10-25)31(41)37-17-12-24(13-18-37)21-39-23-36-30-27(32(39)42)15-20-40(30)29-11-7-8-16-35-29/h4-11,15-16,20,23-24,26,28H,12-14,17-19,21-22H2,1-3H3/t26-,28+/m1/s1. The van der Waals surface area contributed by atoms with E-state index in [9.17, 15) is 14.4 Å². The summed E-state index contributed by atoms with van der Waals surface area (Å²) >= 11 is 0. The van der Waals surface area contributed by atoms with Crippen LogP contribution in [0.4, 0.5) is 4.79 Å². The number of amides is 2. The van der Waals surface area contributed by atoms with Crippen LogP contribution >= 0.6 is 0 Å². The highest BCUT2D eigenvalue weighted by Crippen LogP contribution is 2.35. The second-order valence-corrected chi connectivity index (χ2v) is 12.9. The number of ether oxygens (including phenoxy) is 1. The van der Waals surface area contributed by atoms with Crippen LogP contribution in [-0.4, -0.2) is 72.7 Å². The van der Waals surface area contributed by atoms with Gasteiger partial charge in [0, 0.05) is 57.0 Å². The van der Waals surface area contributed by atoms with E-state index in [1.807, 2.05) is 85.0 Å². The van der Waals surface area contributed by atoms with Crippen molar-refractivity contribution in [3.8, 4) is 5.82 Å². The molecule has 2 amide bonds. The molecule has 5 heterocycles. The van der Waals surface area contributed by atoms with Crippen LogP contribution in [0.2, 0.25) is 0 Å². The first-order chi connectivity index (χ1) is 21.2. The molecular weight excluding hydrogens is 556 g/mol. The van der Waals surface area contributed by atoms with E-state index in [4.69, 9.17) is 4.74 Å². The van der Waals surface area contributed by atoms with Gasteiger partial charge in [-0.25, -0.2) is 14.8 Å². The Labute approximate surface area is 257 Å². The van der Waals surface area contributed by atoms with Gasteiger partial charge in [0.05, 0.1) is 11.7 Å². The van der Waals surface area contributed by atoms with E-state index in [-0.39, 0.29) is 35.3 Å². The van der Waals surface area contributed by atoms with Gasteiger partial charge in [-0.05, 0) is 69.7 Å². The second-order valence-electron chi connectivity index (χ2n) is 12.9. The average Bonchev–Trinajstić information content (AvgIpc) is 3.47. The molecule has 0 spiro atoms. The molecule has 6 rings (SSSR count). The molecule has 10 heteroatoms. The molecule has 230 valence electrons. The van der Waals surface area contributed by atoms with Gasteiger partial charge in [0.15, 0.2) is 5.65 Å². The van der Waals surface area contributed by atoms with Crippen molar-refractivity contribution >= 4 is 23.0 Å². The van der Waals surface area contributed by atoms with Gasteiger partial charge in [0.2, 0.25) is 5.91 Å². The number of benzene rings is 1. The molecule has 0 saturated carbocycles. The number of carbonyl (C=O) groups is 2. The predicted octanol–water partition coefficient (Wildman–Crippen LogP) is 4.86. The molecule has 44 heavy (non-hydrogen) atoms. The fraction of sp³-hybridized carbons (Fsp3) is 0.441. The van der Waals surface area contributed by atoms with Crippen LogP contribution in [-0.2, 0) is 16.1 Å². The van der Waals surface area contributed by atoms with Crippen LogP contribution < -0.4 is 5.56 Å². The highest BCUT2D eigenvalue weighted by atomic mass is 16.6. The number of rotatable bonds is 5. The molecule has 1 aromatic carbocycles. The van der Waals surface area contributed by atoms with Crippen LogP contribution in [0.25, 0.3) is 16.9 Å². The lowest BCUT2D eigenvalue weighted by Gasteiger charge is -2.41. The summed E-state index contributed by atoms with van der Waals surface area (Å²) in [5.74, 6) is 0.835. The van der Waals surface area contributed by atoms with Crippen LogP contribution in [0.1, 0.15) is 51.5 Å². The van der Waals surface area contributed by atoms with Crippen molar-refractivity contribution in [2.75, 3.05) is 26.2 Å². The first-order valence-corrected chi connectivity index (χ1v) is 15.5. The number of piperidine rings is 2. The number of pyridine rings is 1. The van der Waals surface area contributed by atoms with Gasteiger partial charge >= 0.3 is 6.09 Å². The highest BCUT2D eigenvalue weighted by molar-refractivity contribution is 5.81. The summed E-state index contributed by atoms with van der Waals surface area (Å²) in [4.78, 5) is 52.9. The summed E-state index contributed by atoms with van der Waals surface area (Å²) in [6.45, 7) is 8.41. The third-order valence-electron chi connectivity index (χ3n) is 8.76. The lowest BCUT2D eigenvalue weighted by Crippen LogP contribution is -2.50. The van der Waals surface area contributed by atoms with Gasteiger partial charge in [-0.1, -0.05) is 36.4 Å². The molecule has 0 bridgehead atoms. The van der Waals surface area contributed by atoms with Crippen LogP contribution in [0.3, 0.4) is 0 Å². The van der Waals surface area contributed by atoms with E-state index >= 15 is 0 Å². The molecule has 3 aromatic heterocycles. The number of hydrogen-bond acceptors (Lipinski definition) is 6. The average molecular weight is 597 g/mol. The Bertz CT molecular complexity index is 1670. The zero-order valence-corrected chi connectivity index (χ0v) is 25.6. The predicted molar refractivity (Wildman–Crippen MR) is 168 cm³/mol. The molecular formula is C34H40N6O4. The van der Waals surface area contributed by atoms with Crippen molar-refractivity contribution in [1.29, 1.82) is 0 Å². The molecule has 0 unspecified atom stereocenters. The molecule has 0 N–H and O–H groups in total. The van der Waals surface area contributed by atoms with Crippen molar-refractivity contribution in [3.05, 3.63) is 89.2 Å². The SMILES string of the molecule is CC(C)(C)OC(=O)N1CC[C@@H](C(=O)N2CCC(Cn3cnc4c(ccn4-c4ccccn4)c3=O)CC2)[C@H](c2ccccc2)C1. The van der Waals surface area contributed by atoms with Crippen LogP contribution in [0.15, 0.2) is 78.1 Å². The summed E-state index contributed by atoms with van der Waals surface area (Å²) in [6, 6.07) is 17.5. The van der Waals surface area contributed by atoms with Crippen molar-refractivity contribution in [2.45, 2.75) is 58.1 Å². The quantitative estimate of drug-likeness (QED) is 0.326. The molecule has 2 fully saturated rings. The van der Waals surface area contributed by atoms with E-state index in [2.05, 4.69) is 9.97 Å². The maximum atomic E-state index is 13.9. The minimum atomic E-state index is -0.575. The third kappa shape index (κ3) is 6.25. The summed E-state index contributed by atoms with van der Waals surface area (Å²) < 4.78 is 9.17. The fourth-order valence-electron chi connectivity index (χ4n) is 6.49. The number of hydrogen-bond donors (Lipinski definition) is 0. The largest absolute Gasteiger partial charge is 0.444 e. The number of carbonyl (C=O) groups excluding carboxylic acids is 2. The van der Waals surface area contributed by atoms with E-state index in [0.717, 1.165) is 18.4 Å². The topological polar surface area (TPSA) is 103 Å². The van der Waals surface area contributed by atoms with E-state index in [1.165, 1.54) is 0 Å². The third-order valence-corrected chi connectivity index (χ3v) is 8.76. The molecule has 0 aliphatic carbocycles. The van der Waals surface area contributed by atoms with Gasteiger partial charge in [-0.15, -0.1) is 0 Å². The molecule has 2 aliphatic heterocycles. The fourth-order valence-corrected chi connectivity index (χ4v) is 6.49. The zero-order chi connectivity index (χ0) is 30.8. The van der Waals surface area contributed by atoms with Crippen molar-refractivity contribution < 1.29 is 14.3 Å². The normalized spacial score (nSPS) is 19.7. The Hall–Kier alpha value is -4.47. The molecule has 10 nitrogen and oxygen atoms in total. The van der Waals surface area contributed by atoms with Gasteiger partial charge in [0.1, 0.15) is 11.4 Å². The van der Waals surface area contributed by atoms with Crippen molar-refractivity contribution in [3.63, 3.8) is 0 Å². The summed E-state index contributed by atoms with van der Waals surface area (Å²) in [7, 11) is 0. The monoisotopic (exact) mass is 596 g/mol. The number of fused-ring (bicyclic) bond motifs is 1. The van der Waals surface area contributed by atoms with Crippen molar-refractivity contribution in [1.82, 2.24) is 28.9 Å². The van der Waals surface area contributed by atoms with Gasteiger partial charge < -0.3 is 14.5 Å². The van der Waals surface area contributed by atoms with Gasteiger partial charge in [-0.3, -0.25) is 18.7 Å². The molecule has 2 saturated heterocycles. The first kappa shape index (κ1) is 29.6. The summed E-state index contributed by atoms with van der Waals surface area (Å²) in [5.41, 5.74) is 1.02. The smallest absolute Gasteiger partial charge is 0.410 e. The Balaban J connectivity index is 1.11. The molecule has 2 atom stereocenters. The summed E-state index contributed by atoms with van der Waals surface area (Å²) in [5, 5.41) is 0.565. The van der Waals surface area contributed by atoms with E-state index in [0.29, 0.717) is 56.0 Å². The minimum Gasteiger partial charge on any atom is -0.444 e. The summed E-state index contributed by atoms with van der Waals surface area (Å²) in [6.07, 6.45) is 7.07. The molecule has 4 aromatic rings. The number of likely N-dealkylation sites (tertiary alicyclic amines) is 2. The second kappa shape index (κ2) is 12.3. The van der Waals surface area contributed by atoms with Gasteiger partial charge in [0.25, 0.3) is 5.56 Å². The Morgan fingerprint density at radius 3 is 2.34 bits per heavy atom. The lowest BCUT2D eigenvalue weighted by atomic mass is 9.79. The van der Waals surface area contributed by atoms with Crippen LogP contribution in [0, 0.1) is 11.8 Å². The van der Waals surface area contributed by atoms with Gasteiger partial charge in [-0.2, -0.15) is 0 Å². The lowest BCUT2D eigenvalue weighted by molar-refractivity contribution is -0.139. The Morgan fingerprint density at radius 1 is 0.909 bits per heavy atom. The highest BCUT2D eigenvalue weighted by Gasteiger charge is 2.40. The van der Waals surface area contributed by atoms with E-state index < -0.39 is 5.60 Å². The molecule has 0 radical (unpaired) electrons. The maximum Gasteiger partial charge on any atom is 0.410 e. The Kier molecular flexibility index (Phi) is 8.25. The minimum absolute atomic E-state index is 0.0642.